The number of thiophene rings is 8. The standard InChI is InChI=1S/C78H92N2S9.C18H28B2O4.C6H4Br2/c1-7-11-15-19-23-27-33-56-49-54(6)81-75(56)66-44-40-62(82-66)63-42-46-68(84-63)77-58(35-29-25-21-17-13-9-3)51-71(87-77)60-38-39-61(74-73(60)79-89-80-74)72-52-59(36-30-26-22-18-14-10-4)78(88-72)69-47-43-65(85-69)64-41-45-67(83-64)76-57(34-28-24-20-16-12-8-2)50-70(86-76)55-37-31-32-53(5)48-55;1-15(2)16(3,4)22-19(21-15)13-10-9-11-14(12-13)20-23-17(5,6)18(7,8)24-20;7-5-2-1-3-6(8)4-5/h31-32,37-52H,7-30,33-36H2,1-6H3;9-12H,1-8H3;1-4H. The second-order valence-corrected chi connectivity index (χ2v) is 46.2. The average Bonchev–Trinajstić information content (AvgIpc) is 1.62. The molecule has 0 saturated carbocycles. The van der Waals surface area contributed by atoms with Crippen LogP contribution in [-0.4, -0.2) is 45.4 Å². The number of unbranched alkanes of at least 4 members (excludes halogenated alkanes) is 20. The predicted molar refractivity (Wildman–Crippen MR) is 547 cm³/mol. The van der Waals surface area contributed by atoms with Crippen molar-refractivity contribution in [3.05, 3.63) is 199 Å². The molecule has 19 heteroatoms. The minimum Gasteiger partial charge on any atom is -0.399 e. The Kier molecular flexibility index (Phi) is 34.4. The highest BCUT2D eigenvalue weighted by Gasteiger charge is 2.54. The van der Waals surface area contributed by atoms with Crippen LogP contribution in [0.3, 0.4) is 0 Å². The Morgan fingerprint density at radius 3 is 0.967 bits per heavy atom. The molecule has 121 heavy (non-hydrogen) atoms. The molecule has 0 bridgehead atoms. The van der Waals surface area contributed by atoms with Gasteiger partial charge in [-0.1, -0.05) is 260 Å². The molecule has 0 unspecified atom stereocenters. The van der Waals surface area contributed by atoms with Crippen LogP contribution in [0.4, 0.5) is 0 Å². The van der Waals surface area contributed by atoms with E-state index in [2.05, 4.69) is 244 Å². The Morgan fingerprint density at radius 1 is 0.298 bits per heavy atom. The fraction of sp³-hybridized carbons (Fsp3) is 0.451. The summed E-state index contributed by atoms with van der Waals surface area (Å²) in [6.07, 6.45) is 36.0. The van der Waals surface area contributed by atoms with Crippen molar-refractivity contribution in [2.75, 3.05) is 0 Å². The first-order chi connectivity index (χ1) is 58.4. The van der Waals surface area contributed by atoms with Crippen LogP contribution in [0, 0.1) is 13.8 Å². The number of fused-ring (bicyclic) bond motifs is 1. The van der Waals surface area contributed by atoms with Crippen LogP contribution in [0.25, 0.3) is 101 Å². The lowest BCUT2D eigenvalue weighted by atomic mass is 9.72. The van der Waals surface area contributed by atoms with E-state index in [0.29, 0.717) is 0 Å². The van der Waals surface area contributed by atoms with Crippen LogP contribution < -0.4 is 10.9 Å². The van der Waals surface area contributed by atoms with Crippen molar-refractivity contribution in [1.82, 2.24) is 8.75 Å². The van der Waals surface area contributed by atoms with Crippen molar-refractivity contribution < 1.29 is 18.6 Å². The van der Waals surface area contributed by atoms with Crippen molar-refractivity contribution in [3.63, 3.8) is 0 Å². The normalized spacial score (nSPS) is 14.6. The van der Waals surface area contributed by atoms with Gasteiger partial charge in [0.2, 0.25) is 0 Å². The van der Waals surface area contributed by atoms with E-state index in [1.165, 1.54) is 289 Å². The van der Waals surface area contributed by atoms with E-state index in [0.717, 1.165) is 50.2 Å². The van der Waals surface area contributed by atoms with Crippen molar-refractivity contribution in [2.45, 2.75) is 299 Å². The number of benzene rings is 4. The first-order valence-electron chi connectivity index (χ1n) is 44.9. The van der Waals surface area contributed by atoms with Crippen molar-refractivity contribution in [1.29, 1.82) is 0 Å². The molecule has 0 amide bonds. The smallest absolute Gasteiger partial charge is 0.399 e. The summed E-state index contributed by atoms with van der Waals surface area (Å²) in [5, 5.41) is 0. The van der Waals surface area contributed by atoms with Gasteiger partial charge in [0, 0.05) is 98.1 Å². The molecule has 15 rings (SSSR count). The van der Waals surface area contributed by atoms with E-state index in [-0.39, 0.29) is 36.6 Å². The molecule has 0 atom stereocenters. The molecule has 640 valence electrons. The second-order valence-electron chi connectivity index (χ2n) is 35.1. The molecule has 0 aliphatic carbocycles. The summed E-state index contributed by atoms with van der Waals surface area (Å²) < 4.78 is 37.1. The number of aromatic nitrogens is 2. The SMILES string of the molecule is Brc1cccc(Br)c1.CC1(C)OB(c2cccc(B3OC(C)(C)C(C)(C)O3)c2)OC1(C)C.CCCCCCCCc1cc(C)sc1-c1ccc(-c2ccc(-c3sc(-c4ccc(-c5cc(CCCCCCCC)c(-c6ccc(-c7ccc(-c8sc(-c9cccc(C)c9)cc8CCCCCCCC)s7)s6)s5)c5nsnc45)cc3CCCCCCCC)s2)s1. The van der Waals surface area contributed by atoms with Gasteiger partial charge in [-0.2, -0.15) is 8.75 Å². The number of aryl methyl sites for hydroxylation is 6. The topological polar surface area (TPSA) is 62.7 Å². The Hall–Kier alpha value is -4.77. The van der Waals surface area contributed by atoms with Crippen LogP contribution >= 0.6 is 134 Å². The molecular formula is C102H124B2Br2N2O4S9. The first-order valence-corrected chi connectivity index (χ1v) is 53.7. The van der Waals surface area contributed by atoms with E-state index in [1.54, 1.807) is 5.56 Å². The lowest BCUT2D eigenvalue weighted by Gasteiger charge is -2.32. The van der Waals surface area contributed by atoms with E-state index in [1.807, 2.05) is 133 Å². The molecule has 0 N–H and O–H groups in total. The predicted octanol–water partition coefficient (Wildman–Crippen LogP) is 34.9. The summed E-state index contributed by atoms with van der Waals surface area (Å²) in [7, 11) is -0.755. The number of hydrogen-bond acceptors (Lipinski definition) is 15. The summed E-state index contributed by atoms with van der Waals surface area (Å²) in [6, 6.07) is 59.1. The fourth-order valence-corrected chi connectivity index (χ4v) is 27.1. The van der Waals surface area contributed by atoms with Crippen LogP contribution in [0.1, 0.15) is 270 Å². The molecule has 0 spiro atoms. The quantitative estimate of drug-likeness (QED) is 0.0283. The zero-order valence-electron chi connectivity index (χ0n) is 73.9. The minimum atomic E-state index is -0.377. The van der Waals surface area contributed by atoms with Gasteiger partial charge in [-0.3, -0.25) is 0 Å². The van der Waals surface area contributed by atoms with Gasteiger partial charge in [-0.15, -0.1) is 90.7 Å². The Labute approximate surface area is 778 Å². The highest BCUT2D eigenvalue weighted by molar-refractivity contribution is 9.11. The third-order valence-corrected chi connectivity index (χ3v) is 36.1. The Balaban J connectivity index is 0.000000326. The van der Waals surface area contributed by atoms with Crippen LogP contribution in [-0.2, 0) is 44.3 Å². The van der Waals surface area contributed by atoms with Gasteiger partial charge in [0.15, 0.2) is 0 Å². The largest absolute Gasteiger partial charge is 0.494 e. The molecular weight excluding hydrogens is 1790 g/mol. The minimum absolute atomic E-state index is 0.349. The summed E-state index contributed by atoms with van der Waals surface area (Å²) in [5.74, 6) is 0. The van der Waals surface area contributed by atoms with E-state index < -0.39 is 0 Å². The van der Waals surface area contributed by atoms with Gasteiger partial charge >= 0.3 is 14.2 Å². The summed E-state index contributed by atoms with van der Waals surface area (Å²) in [6.45, 7) is 30.2. The molecule has 6 nitrogen and oxygen atoms in total. The van der Waals surface area contributed by atoms with Gasteiger partial charge in [0.25, 0.3) is 0 Å². The van der Waals surface area contributed by atoms with Crippen molar-refractivity contribution in [2.24, 2.45) is 0 Å². The maximum atomic E-state index is 6.15. The zero-order valence-corrected chi connectivity index (χ0v) is 84.4. The highest BCUT2D eigenvalue weighted by atomic mass is 79.9. The Bertz CT molecular complexity index is 5340. The van der Waals surface area contributed by atoms with Gasteiger partial charge in [-0.25, -0.2) is 0 Å². The molecule has 2 fully saturated rings. The number of nitrogens with zero attached hydrogens (tertiary/aromatic N) is 2. The van der Waals surface area contributed by atoms with E-state index in [9.17, 15) is 0 Å². The number of rotatable bonds is 39. The molecule has 2 saturated heterocycles. The van der Waals surface area contributed by atoms with Crippen LogP contribution in [0.5, 0.6) is 0 Å². The van der Waals surface area contributed by atoms with Gasteiger partial charge in [0.05, 0.1) is 34.1 Å². The molecule has 13 aromatic rings. The zero-order chi connectivity index (χ0) is 85.3. The maximum Gasteiger partial charge on any atom is 0.494 e. The highest BCUT2D eigenvalue weighted by Crippen LogP contribution is 2.52. The second kappa shape index (κ2) is 44.3. The number of halogens is 2. The average molecular weight is 1910 g/mol. The van der Waals surface area contributed by atoms with Crippen molar-refractivity contribution >= 4 is 170 Å². The monoisotopic (exact) mass is 1910 g/mol. The third-order valence-electron chi connectivity index (χ3n) is 24.4. The lowest BCUT2D eigenvalue weighted by Crippen LogP contribution is -2.41. The van der Waals surface area contributed by atoms with E-state index in [4.69, 9.17) is 27.4 Å². The Morgan fingerprint density at radius 2 is 0.612 bits per heavy atom. The summed E-state index contributed by atoms with van der Waals surface area (Å²) >= 11 is 23.9. The van der Waals surface area contributed by atoms with Gasteiger partial charge < -0.3 is 18.6 Å². The molecule has 2 aliphatic rings. The van der Waals surface area contributed by atoms with Crippen molar-refractivity contribution in [3.8, 4) is 89.8 Å². The molecule has 4 aromatic carbocycles. The fourth-order valence-electron chi connectivity index (χ4n) is 15.9. The molecule has 2 aliphatic heterocycles. The maximum absolute atomic E-state index is 6.15. The number of hydrogen-bond donors (Lipinski definition) is 0. The summed E-state index contributed by atoms with van der Waals surface area (Å²) in [5.41, 5.74) is 13.8. The molecule has 11 heterocycles. The van der Waals surface area contributed by atoms with Gasteiger partial charge in [0.1, 0.15) is 11.0 Å². The lowest BCUT2D eigenvalue weighted by molar-refractivity contribution is 0.00578. The van der Waals surface area contributed by atoms with E-state index >= 15 is 0 Å². The van der Waals surface area contributed by atoms with Crippen LogP contribution in [0.15, 0.2) is 167 Å². The first kappa shape index (κ1) is 93.9. The van der Waals surface area contributed by atoms with Crippen LogP contribution in [0.2, 0.25) is 0 Å². The third kappa shape index (κ3) is 24.4. The molecule has 0 radical (unpaired) electrons. The summed E-state index contributed by atoms with van der Waals surface area (Å²) in [4.78, 5) is 22.3. The molecule has 9 aromatic heterocycles. The van der Waals surface area contributed by atoms with Gasteiger partial charge in [-0.05, 0) is 250 Å².